The van der Waals surface area contributed by atoms with Gasteiger partial charge in [0.05, 0.1) is 61.9 Å². The number of carbonyl (C=O) groups excluding carboxylic acids is 1. The maximum Gasteiger partial charge on any atom is 0.276 e. The Balaban J connectivity index is 1.93. The first kappa shape index (κ1) is 33.7. The van der Waals surface area contributed by atoms with Crippen molar-refractivity contribution in [3.05, 3.63) is 85.1 Å². The van der Waals surface area contributed by atoms with Crippen LogP contribution >= 0.6 is 34.8 Å². The Morgan fingerprint density at radius 1 is 1.19 bits per heavy atom. The molecule has 3 aromatic heterocycles. The third-order valence-electron chi connectivity index (χ3n) is 8.08. The SMILES string of the molecule is C=CC(=O)N1CCN(c2c(C#N)c(=O)n(-c3c(C)ccnc3C(C)C)c3nc(-c4c(O)c(Cl)cc(Cl)c4F)c(Cl)cc23)CC1CC#N. The molecule has 1 unspecified atom stereocenters. The maximum atomic E-state index is 15.5. The van der Waals surface area contributed by atoms with E-state index in [1.807, 2.05) is 13.8 Å². The minimum absolute atomic E-state index is 0.0160. The predicted octanol–water partition coefficient (Wildman–Crippen LogP) is 6.67. The lowest BCUT2D eigenvalue weighted by Gasteiger charge is -2.42. The summed E-state index contributed by atoms with van der Waals surface area (Å²) in [4.78, 5) is 39.6. The molecule has 4 aromatic rings. The number of carbonyl (C=O) groups is 1. The highest BCUT2D eigenvalue weighted by Crippen LogP contribution is 2.44. The van der Waals surface area contributed by atoms with E-state index in [1.165, 1.54) is 21.6 Å². The van der Waals surface area contributed by atoms with Crippen LogP contribution in [0, 0.1) is 35.4 Å². The number of hydrogen-bond donors (Lipinski definition) is 1. The highest BCUT2D eigenvalue weighted by molar-refractivity contribution is 6.37. The van der Waals surface area contributed by atoms with Crippen LogP contribution in [0.15, 0.2) is 41.8 Å². The predicted molar refractivity (Wildman–Crippen MR) is 179 cm³/mol. The normalized spacial score (nSPS) is 14.7. The monoisotopic (exact) mass is 693 g/mol. The number of phenolic OH excluding ortho intramolecular Hbond substituents is 1. The zero-order valence-corrected chi connectivity index (χ0v) is 27.8. The summed E-state index contributed by atoms with van der Waals surface area (Å²) in [6.07, 6.45) is 2.76. The Kier molecular flexibility index (Phi) is 9.46. The largest absolute Gasteiger partial charge is 0.506 e. The Labute approximate surface area is 284 Å². The Morgan fingerprint density at radius 3 is 2.55 bits per heavy atom. The van der Waals surface area contributed by atoms with Gasteiger partial charge in [-0.15, -0.1) is 0 Å². The molecule has 1 aliphatic heterocycles. The standard InChI is InChI=1S/C33H27Cl3FN7O3/c1-5-24(45)43-11-10-42(15-18(43)6-8-38)30-19-12-22(35)28(25-26(37)21(34)13-23(36)31(25)46)41-32(19)44(33(47)20(30)14-39)29-17(4)7-9-40-27(29)16(2)3/h5,7,9,12-13,16,18,46H,1,6,10-11,15H2,2-4H3. The van der Waals surface area contributed by atoms with Crippen LogP contribution in [0.5, 0.6) is 5.75 Å². The number of nitrogens with zero attached hydrogens (tertiary/aromatic N) is 7. The van der Waals surface area contributed by atoms with Crippen LogP contribution in [0.25, 0.3) is 28.0 Å². The number of aromatic nitrogens is 3. The molecular weight excluding hydrogens is 668 g/mol. The van der Waals surface area contributed by atoms with Gasteiger partial charge in [0, 0.05) is 31.2 Å². The van der Waals surface area contributed by atoms with Gasteiger partial charge in [0.1, 0.15) is 23.0 Å². The van der Waals surface area contributed by atoms with Crippen LogP contribution in [0.3, 0.4) is 0 Å². The van der Waals surface area contributed by atoms with Gasteiger partial charge in [0.25, 0.3) is 5.56 Å². The molecule has 47 heavy (non-hydrogen) atoms. The highest BCUT2D eigenvalue weighted by atomic mass is 35.5. The summed E-state index contributed by atoms with van der Waals surface area (Å²) in [5.74, 6) is -2.21. The van der Waals surface area contributed by atoms with Crippen molar-refractivity contribution in [2.75, 3.05) is 24.5 Å². The number of aromatic hydroxyl groups is 1. The highest BCUT2D eigenvalue weighted by Gasteiger charge is 2.34. The van der Waals surface area contributed by atoms with Gasteiger partial charge in [-0.3, -0.25) is 19.1 Å². The fourth-order valence-electron chi connectivity index (χ4n) is 5.91. The van der Waals surface area contributed by atoms with Crippen molar-refractivity contribution in [2.45, 2.75) is 39.2 Å². The number of rotatable bonds is 6. The van der Waals surface area contributed by atoms with E-state index in [1.54, 1.807) is 24.1 Å². The number of pyridine rings is 3. The second-order valence-corrected chi connectivity index (χ2v) is 12.5. The summed E-state index contributed by atoms with van der Waals surface area (Å²) < 4.78 is 16.8. The van der Waals surface area contributed by atoms with E-state index in [4.69, 9.17) is 39.8 Å². The van der Waals surface area contributed by atoms with Crippen molar-refractivity contribution in [1.82, 2.24) is 19.4 Å². The molecule has 1 aliphatic rings. The summed E-state index contributed by atoms with van der Waals surface area (Å²) in [6, 6.07) is 7.76. The fraction of sp³-hybridized carbons (Fsp3) is 0.273. The topological polar surface area (TPSA) is 139 Å². The molecule has 4 heterocycles. The summed E-state index contributed by atoms with van der Waals surface area (Å²) >= 11 is 19.0. The number of phenols is 1. The first-order valence-electron chi connectivity index (χ1n) is 14.4. The van der Waals surface area contributed by atoms with Crippen LogP contribution in [0.1, 0.15) is 43.0 Å². The van der Waals surface area contributed by atoms with Gasteiger partial charge in [0.2, 0.25) is 5.91 Å². The number of piperazine rings is 1. The first-order valence-corrected chi connectivity index (χ1v) is 15.6. The van der Waals surface area contributed by atoms with Crippen molar-refractivity contribution < 1.29 is 14.3 Å². The summed E-state index contributed by atoms with van der Waals surface area (Å²) in [5, 5.41) is 30.3. The van der Waals surface area contributed by atoms with E-state index in [0.29, 0.717) is 16.9 Å². The van der Waals surface area contributed by atoms with Crippen LogP contribution in [-0.2, 0) is 4.79 Å². The second-order valence-electron chi connectivity index (χ2n) is 11.3. The van der Waals surface area contributed by atoms with Gasteiger partial charge in [-0.1, -0.05) is 55.2 Å². The van der Waals surface area contributed by atoms with Gasteiger partial charge in [-0.2, -0.15) is 10.5 Å². The smallest absolute Gasteiger partial charge is 0.276 e. The third-order valence-corrected chi connectivity index (χ3v) is 8.93. The van der Waals surface area contributed by atoms with Gasteiger partial charge >= 0.3 is 0 Å². The minimum atomic E-state index is -1.03. The van der Waals surface area contributed by atoms with Gasteiger partial charge in [0.15, 0.2) is 5.82 Å². The summed E-state index contributed by atoms with van der Waals surface area (Å²) in [5.41, 5.74) is 0.0255. The first-order chi connectivity index (χ1) is 22.4. The molecule has 0 aliphatic carbocycles. The van der Waals surface area contributed by atoms with E-state index in [0.717, 1.165) is 6.07 Å². The molecular formula is C33H27Cl3FN7O3. The average molecular weight is 695 g/mol. The number of aryl methyl sites for hydroxylation is 1. The number of halogens is 4. The van der Waals surface area contributed by atoms with E-state index < -0.39 is 28.7 Å². The zero-order chi connectivity index (χ0) is 34.3. The lowest BCUT2D eigenvalue weighted by molar-refractivity contribution is -0.128. The molecule has 0 spiro atoms. The lowest BCUT2D eigenvalue weighted by atomic mass is 10.0. The van der Waals surface area contributed by atoms with E-state index in [-0.39, 0.29) is 80.9 Å². The molecule has 5 rings (SSSR count). The van der Waals surface area contributed by atoms with E-state index in [9.17, 15) is 25.2 Å². The molecule has 1 amide bonds. The number of amides is 1. The number of benzene rings is 1. The molecule has 1 fully saturated rings. The Hall–Kier alpha value is -4.68. The molecule has 0 radical (unpaired) electrons. The van der Waals surface area contributed by atoms with Crippen molar-refractivity contribution in [3.63, 3.8) is 0 Å². The number of anilines is 1. The van der Waals surface area contributed by atoms with Gasteiger partial charge < -0.3 is 14.9 Å². The van der Waals surface area contributed by atoms with Crippen LogP contribution in [0.2, 0.25) is 15.1 Å². The van der Waals surface area contributed by atoms with Crippen LogP contribution in [0.4, 0.5) is 10.1 Å². The summed E-state index contributed by atoms with van der Waals surface area (Å²) in [7, 11) is 0. The second kappa shape index (κ2) is 13.2. The van der Waals surface area contributed by atoms with Crippen LogP contribution < -0.4 is 10.5 Å². The lowest BCUT2D eigenvalue weighted by Crippen LogP contribution is -2.55. The number of nitriles is 2. The maximum absolute atomic E-state index is 15.5. The molecule has 240 valence electrons. The van der Waals surface area contributed by atoms with Crippen molar-refractivity contribution in [2.24, 2.45) is 0 Å². The Bertz CT molecular complexity index is 2090. The van der Waals surface area contributed by atoms with E-state index >= 15 is 4.39 Å². The van der Waals surface area contributed by atoms with Crippen molar-refractivity contribution in [1.29, 1.82) is 10.5 Å². The fourth-order valence-corrected chi connectivity index (χ4v) is 6.62. The minimum Gasteiger partial charge on any atom is -0.506 e. The van der Waals surface area contributed by atoms with Crippen molar-refractivity contribution in [3.8, 4) is 34.8 Å². The number of hydrogen-bond acceptors (Lipinski definition) is 8. The molecule has 0 saturated carbocycles. The summed E-state index contributed by atoms with van der Waals surface area (Å²) in [6.45, 7) is 9.59. The zero-order valence-electron chi connectivity index (χ0n) is 25.5. The Morgan fingerprint density at radius 2 is 1.91 bits per heavy atom. The molecule has 14 heteroatoms. The molecule has 0 bridgehead atoms. The molecule has 10 nitrogen and oxygen atoms in total. The molecule has 1 N–H and O–H groups in total. The van der Waals surface area contributed by atoms with Gasteiger partial charge in [-0.25, -0.2) is 9.37 Å². The van der Waals surface area contributed by atoms with Crippen molar-refractivity contribution >= 4 is 57.4 Å². The number of fused-ring (bicyclic) bond motifs is 1. The third kappa shape index (κ3) is 5.76. The van der Waals surface area contributed by atoms with Crippen LogP contribution in [-0.4, -0.2) is 56.1 Å². The quantitative estimate of drug-likeness (QED) is 0.174. The molecule has 1 atom stereocenters. The molecule has 1 saturated heterocycles. The van der Waals surface area contributed by atoms with Gasteiger partial charge in [-0.05, 0) is 42.7 Å². The van der Waals surface area contributed by atoms with E-state index in [2.05, 4.69) is 23.7 Å². The average Bonchev–Trinajstić information content (AvgIpc) is 3.04. The molecule has 1 aromatic carbocycles.